The van der Waals surface area contributed by atoms with Gasteiger partial charge < -0.3 is 19.9 Å². The maximum atomic E-state index is 12.4. The van der Waals surface area contributed by atoms with Crippen LogP contribution in [0.5, 0.6) is 0 Å². The summed E-state index contributed by atoms with van der Waals surface area (Å²) in [6.07, 6.45) is 0. The quantitative estimate of drug-likeness (QED) is 0.895. The maximum Gasteiger partial charge on any atom is 0.254 e. The molecule has 26 heavy (non-hydrogen) atoms. The van der Waals surface area contributed by atoms with Crippen molar-refractivity contribution < 1.29 is 14.3 Å². The normalized spacial score (nSPS) is 14.0. The van der Waals surface area contributed by atoms with E-state index in [-0.39, 0.29) is 18.4 Å². The first-order valence-corrected chi connectivity index (χ1v) is 8.66. The lowest BCUT2D eigenvalue weighted by atomic mass is 10.1. The summed E-state index contributed by atoms with van der Waals surface area (Å²) in [5.74, 6) is -0.112. The highest BCUT2D eigenvalue weighted by Crippen LogP contribution is 2.14. The summed E-state index contributed by atoms with van der Waals surface area (Å²) < 4.78 is 5.27. The third-order valence-electron chi connectivity index (χ3n) is 4.29. The van der Waals surface area contributed by atoms with Crippen LogP contribution in [-0.4, -0.2) is 56.6 Å². The van der Waals surface area contributed by atoms with Crippen LogP contribution in [0, 0.1) is 0 Å². The van der Waals surface area contributed by atoms with Crippen molar-refractivity contribution in [1.29, 1.82) is 0 Å². The lowest BCUT2D eigenvalue weighted by molar-refractivity contribution is -0.114. The number of ether oxygens (including phenoxy) is 1. The molecule has 1 heterocycles. The molecule has 2 amide bonds. The Morgan fingerprint density at radius 2 is 1.69 bits per heavy atom. The smallest absolute Gasteiger partial charge is 0.254 e. The summed E-state index contributed by atoms with van der Waals surface area (Å²) in [5.41, 5.74) is 2.27. The molecule has 0 unspecified atom stereocenters. The first-order chi connectivity index (χ1) is 12.6. The molecule has 0 spiro atoms. The number of nitrogens with zero attached hydrogens (tertiary/aromatic N) is 2. The van der Waals surface area contributed by atoms with Crippen LogP contribution in [0.15, 0.2) is 54.6 Å². The predicted octanol–water partition coefficient (Wildman–Crippen LogP) is 2.23. The van der Waals surface area contributed by atoms with Gasteiger partial charge in [0.05, 0.1) is 19.8 Å². The average molecular weight is 353 g/mol. The lowest BCUT2D eigenvalue weighted by Gasteiger charge is -2.26. The summed E-state index contributed by atoms with van der Waals surface area (Å²) in [7, 11) is 1.87. The molecule has 3 rings (SSSR count). The van der Waals surface area contributed by atoms with Crippen molar-refractivity contribution in [1.82, 2.24) is 4.90 Å². The van der Waals surface area contributed by atoms with Gasteiger partial charge in [-0.05, 0) is 36.4 Å². The highest BCUT2D eigenvalue weighted by atomic mass is 16.5. The number of hydrogen-bond acceptors (Lipinski definition) is 4. The predicted molar refractivity (Wildman–Crippen MR) is 102 cm³/mol. The fourth-order valence-corrected chi connectivity index (χ4v) is 2.83. The molecule has 0 atom stereocenters. The van der Waals surface area contributed by atoms with E-state index in [9.17, 15) is 9.59 Å². The van der Waals surface area contributed by atoms with E-state index < -0.39 is 0 Å². The molecular formula is C20H23N3O3. The Labute approximate surface area is 153 Å². The van der Waals surface area contributed by atoms with E-state index in [2.05, 4.69) is 5.32 Å². The van der Waals surface area contributed by atoms with Crippen LogP contribution in [-0.2, 0) is 9.53 Å². The zero-order valence-electron chi connectivity index (χ0n) is 14.9. The number of benzene rings is 2. The summed E-state index contributed by atoms with van der Waals surface area (Å²) in [6, 6.07) is 16.7. The third-order valence-corrected chi connectivity index (χ3v) is 4.29. The Balaban J connectivity index is 1.55. The average Bonchev–Trinajstić information content (AvgIpc) is 2.69. The van der Waals surface area contributed by atoms with Gasteiger partial charge in [0, 0.05) is 37.1 Å². The molecule has 2 aromatic rings. The van der Waals surface area contributed by atoms with E-state index in [1.54, 1.807) is 29.2 Å². The SMILES string of the molecule is CN(CC(=O)Nc1ccc(C(=O)N2CCOCC2)cc1)c1ccccc1. The number of hydrogen-bond donors (Lipinski definition) is 1. The van der Waals surface area contributed by atoms with Crippen molar-refractivity contribution in [2.24, 2.45) is 0 Å². The molecule has 1 aliphatic rings. The van der Waals surface area contributed by atoms with Crippen molar-refractivity contribution >= 4 is 23.2 Å². The van der Waals surface area contributed by atoms with E-state index in [0.717, 1.165) is 5.69 Å². The minimum absolute atomic E-state index is 0.00464. The largest absolute Gasteiger partial charge is 0.378 e. The van der Waals surface area contributed by atoms with Crippen LogP contribution in [0.3, 0.4) is 0 Å². The summed E-state index contributed by atoms with van der Waals surface area (Å²) >= 11 is 0. The van der Waals surface area contributed by atoms with Crippen molar-refractivity contribution in [2.45, 2.75) is 0 Å². The van der Waals surface area contributed by atoms with Crippen LogP contribution in [0.25, 0.3) is 0 Å². The Morgan fingerprint density at radius 1 is 1.04 bits per heavy atom. The number of amides is 2. The van der Waals surface area contributed by atoms with Crippen molar-refractivity contribution in [2.75, 3.05) is 50.1 Å². The molecule has 1 saturated heterocycles. The Morgan fingerprint density at radius 3 is 2.35 bits per heavy atom. The molecule has 136 valence electrons. The second-order valence-corrected chi connectivity index (χ2v) is 6.22. The number of morpholine rings is 1. The summed E-state index contributed by atoms with van der Waals surface area (Å²) in [6.45, 7) is 2.63. The Bertz CT molecular complexity index is 741. The molecule has 6 heteroatoms. The first kappa shape index (κ1) is 17.9. The number of nitrogens with one attached hydrogen (secondary N) is 1. The highest BCUT2D eigenvalue weighted by Gasteiger charge is 2.18. The van der Waals surface area contributed by atoms with Gasteiger partial charge in [0.1, 0.15) is 0 Å². The maximum absolute atomic E-state index is 12.4. The molecule has 6 nitrogen and oxygen atoms in total. The van der Waals surface area contributed by atoms with Crippen LogP contribution < -0.4 is 10.2 Å². The minimum Gasteiger partial charge on any atom is -0.378 e. The molecule has 0 radical (unpaired) electrons. The number of rotatable bonds is 5. The fourth-order valence-electron chi connectivity index (χ4n) is 2.83. The van der Waals surface area contributed by atoms with Gasteiger partial charge in [-0.3, -0.25) is 9.59 Å². The summed E-state index contributed by atoms with van der Waals surface area (Å²) in [4.78, 5) is 28.3. The van der Waals surface area contributed by atoms with E-state index in [1.807, 2.05) is 42.3 Å². The molecule has 0 aliphatic carbocycles. The topological polar surface area (TPSA) is 61.9 Å². The van der Waals surface area contributed by atoms with Gasteiger partial charge in [0.15, 0.2) is 0 Å². The number of carbonyl (C=O) groups excluding carboxylic acids is 2. The minimum atomic E-state index is -0.108. The molecule has 1 N–H and O–H groups in total. The van der Waals surface area contributed by atoms with Crippen molar-refractivity contribution in [3.05, 3.63) is 60.2 Å². The first-order valence-electron chi connectivity index (χ1n) is 8.66. The lowest BCUT2D eigenvalue weighted by Crippen LogP contribution is -2.40. The molecule has 0 bridgehead atoms. The molecule has 0 aromatic heterocycles. The number of likely N-dealkylation sites (N-methyl/N-ethyl adjacent to an activating group) is 1. The highest BCUT2D eigenvalue weighted by molar-refractivity contribution is 5.96. The van der Waals surface area contributed by atoms with Gasteiger partial charge in [0.2, 0.25) is 5.91 Å². The van der Waals surface area contributed by atoms with E-state index in [1.165, 1.54) is 0 Å². The second-order valence-electron chi connectivity index (χ2n) is 6.22. The number of anilines is 2. The van der Waals surface area contributed by atoms with E-state index in [4.69, 9.17) is 4.74 Å². The van der Waals surface area contributed by atoms with Gasteiger partial charge in [-0.15, -0.1) is 0 Å². The second kappa shape index (κ2) is 8.49. The van der Waals surface area contributed by atoms with Gasteiger partial charge in [-0.1, -0.05) is 18.2 Å². The molecule has 1 fully saturated rings. The Hall–Kier alpha value is -2.86. The number of carbonyl (C=O) groups is 2. The van der Waals surface area contributed by atoms with Crippen LogP contribution >= 0.6 is 0 Å². The summed E-state index contributed by atoms with van der Waals surface area (Å²) in [5, 5.41) is 2.86. The van der Waals surface area contributed by atoms with Crippen LogP contribution in [0.1, 0.15) is 10.4 Å². The zero-order chi connectivity index (χ0) is 18.4. The third kappa shape index (κ3) is 4.61. The van der Waals surface area contributed by atoms with Crippen LogP contribution in [0.2, 0.25) is 0 Å². The fraction of sp³-hybridized carbons (Fsp3) is 0.300. The van der Waals surface area contributed by atoms with Crippen molar-refractivity contribution in [3.63, 3.8) is 0 Å². The zero-order valence-corrected chi connectivity index (χ0v) is 14.9. The van der Waals surface area contributed by atoms with Gasteiger partial charge >= 0.3 is 0 Å². The Kier molecular flexibility index (Phi) is 5.86. The van der Waals surface area contributed by atoms with E-state index >= 15 is 0 Å². The van der Waals surface area contributed by atoms with Crippen molar-refractivity contribution in [3.8, 4) is 0 Å². The standard InChI is InChI=1S/C20H23N3O3/c1-22(18-5-3-2-4-6-18)15-19(24)21-17-9-7-16(8-10-17)20(25)23-11-13-26-14-12-23/h2-10H,11-15H2,1H3,(H,21,24). The van der Waals surface area contributed by atoms with Gasteiger partial charge in [0.25, 0.3) is 5.91 Å². The molecule has 1 aliphatic heterocycles. The number of para-hydroxylation sites is 1. The van der Waals surface area contributed by atoms with Crippen LogP contribution in [0.4, 0.5) is 11.4 Å². The molecule has 2 aromatic carbocycles. The molecule has 0 saturated carbocycles. The van der Waals surface area contributed by atoms with Gasteiger partial charge in [-0.2, -0.15) is 0 Å². The monoisotopic (exact) mass is 353 g/mol. The molecular weight excluding hydrogens is 330 g/mol. The van der Waals surface area contributed by atoms with E-state index in [0.29, 0.717) is 37.6 Å². The van der Waals surface area contributed by atoms with Gasteiger partial charge in [-0.25, -0.2) is 0 Å².